The molecule has 0 unspecified atom stereocenters. The number of anilines is 1. The van der Waals surface area contributed by atoms with Crippen molar-refractivity contribution in [3.8, 4) is 0 Å². The molecule has 3 heterocycles. The van der Waals surface area contributed by atoms with Gasteiger partial charge in [-0.1, -0.05) is 11.8 Å². The molecule has 1 saturated heterocycles. The van der Waals surface area contributed by atoms with E-state index in [1.54, 1.807) is 6.07 Å². The lowest BCUT2D eigenvalue weighted by Gasteiger charge is -2.15. The fraction of sp³-hybridized carbons (Fsp3) is 0.421. The summed E-state index contributed by atoms with van der Waals surface area (Å²) < 4.78 is 54.7. The summed E-state index contributed by atoms with van der Waals surface area (Å²) in [6.45, 7) is -0.325. The Bertz CT molecular complexity index is 1330. The monoisotopic (exact) mass is 496 g/mol. The maximum Gasteiger partial charge on any atom is 0.333 e. The topological polar surface area (TPSA) is 165 Å². The highest BCUT2D eigenvalue weighted by Gasteiger charge is 2.37. The standard InChI is InChI=1S/C19H21FN6O5S2/c20-11-4-9-2-1-3-10(9)5-14(11)32-19-16-17(21)22-8-23-18(16)26(25-19)15-6-12(27)13(31-15)7-24-33(28,29)30/h4-5,8,12-13,15,24,27H,1-3,6-7H2,(H2,21,22,23)(H,28,29,30)/t12-,13+,15+/m0/s1. The zero-order chi connectivity index (χ0) is 23.3. The van der Waals surface area contributed by atoms with Gasteiger partial charge in [0.25, 0.3) is 0 Å². The van der Waals surface area contributed by atoms with Crippen molar-refractivity contribution in [2.75, 3.05) is 12.3 Å². The second kappa shape index (κ2) is 8.45. The van der Waals surface area contributed by atoms with Crippen molar-refractivity contribution < 1.29 is 27.2 Å². The molecule has 0 amide bonds. The fourth-order valence-electron chi connectivity index (χ4n) is 4.23. The molecule has 0 radical (unpaired) electrons. The van der Waals surface area contributed by atoms with Crippen LogP contribution < -0.4 is 10.5 Å². The van der Waals surface area contributed by atoms with Gasteiger partial charge < -0.3 is 15.6 Å². The van der Waals surface area contributed by atoms with Crippen LogP contribution in [-0.2, 0) is 27.9 Å². The van der Waals surface area contributed by atoms with Gasteiger partial charge in [0.15, 0.2) is 11.9 Å². The normalized spacial score (nSPS) is 22.8. The van der Waals surface area contributed by atoms with Crippen molar-refractivity contribution in [3.63, 3.8) is 0 Å². The van der Waals surface area contributed by atoms with Crippen molar-refractivity contribution in [1.82, 2.24) is 24.5 Å². The predicted octanol–water partition coefficient (Wildman–Crippen LogP) is 1.23. The molecule has 1 aromatic carbocycles. The van der Waals surface area contributed by atoms with Crippen molar-refractivity contribution in [3.05, 3.63) is 35.4 Å². The number of ether oxygens (including phenoxy) is 1. The van der Waals surface area contributed by atoms with Crippen LogP contribution >= 0.6 is 11.8 Å². The second-order valence-electron chi connectivity index (χ2n) is 7.97. The number of rotatable bonds is 6. The van der Waals surface area contributed by atoms with Crippen molar-refractivity contribution >= 4 is 38.9 Å². The number of nitrogens with one attached hydrogen (secondary N) is 1. The van der Waals surface area contributed by atoms with Crippen LogP contribution in [0.2, 0.25) is 0 Å². The van der Waals surface area contributed by atoms with Crippen LogP contribution in [0.5, 0.6) is 0 Å². The second-order valence-corrected chi connectivity index (χ2v) is 10.2. The summed E-state index contributed by atoms with van der Waals surface area (Å²) in [5, 5.41) is 15.7. The Morgan fingerprint density at radius 1 is 1.30 bits per heavy atom. The number of benzene rings is 1. The van der Waals surface area contributed by atoms with E-state index in [-0.39, 0.29) is 24.6 Å². The molecule has 2 aromatic heterocycles. The zero-order valence-corrected chi connectivity index (χ0v) is 18.8. The van der Waals surface area contributed by atoms with Gasteiger partial charge in [-0.2, -0.15) is 18.2 Å². The molecule has 0 spiro atoms. The maximum atomic E-state index is 14.8. The molecule has 14 heteroatoms. The van der Waals surface area contributed by atoms with E-state index >= 15 is 0 Å². The number of aromatic nitrogens is 4. The largest absolute Gasteiger partial charge is 0.390 e. The van der Waals surface area contributed by atoms with Crippen molar-refractivity contribution in [2.24, 2.45) is 0 Å². The van der Waals surface area contributed by atoms with Gasteiger partial charge in [-0.05, 0) is 42.5 Å². The molecule has 0 bridgehead atoms. The lowest BCUT2D eigenvalue weighted by molar-refractivity contribution is -0.0190. The number of nitrogens with zero attached hydrogens (tertiary/aromatic N) is 4. The van der Waals surface area contributed by atoms with E-state index in [4.69, 9.17) is 15.0 Å². The van der Waals surface area contributed by atoms with Gasteiger partial charge in [-0.25, -0.2) is 19.0 Å². The summed E-state index contributed by atoms with van der Waals surface area (Å²) >= 11 is 1.11. The minimum atomic E-state index is -4.44. The van der Waals surface area contributed by atoms with Gasteiger partial charge in [0, 0.05) is 17.9 Å². The summed E-state index contributed by atoms with van der Waals surface area (Å²) in [5.74, 6) is -0.180. The number of aliphatic hydroxyl groups is 1. The first kappa shape index (κ1) is 22.4. The van der Waals surface area contributed by atoms with Crippen LogP contribution in [-0.4, -0.2) is 56.6 Å². The number of aryl methyl sites for hydroxylation is 2. The molecule has 2 aliphatic rings. The predicted molar refractivity (Wildman–Crippen MR) is 116 cm³/mol. The number of hydrogen-bond donors (Lipinski definition) is 4. The minimum absolute atomic E-state index is 0.0931. The summed E-state index contributed by atoms with van der Waals surface area (Å²) in [6.07, 6.45) is 1.40. The molecule has 3 atom stereocenters. The number of nitrogens with two attached hydrogens (primary N) is 1. The van der Waals surface area contributed by atoms with Gasteiger partial charge in [-0.3, -0.25) is 4.55 Å². The third-order valence-corrected chi connectivity index (χ3v) is 7.33. The molecule has 1 fully saturated rings. The number of fused-ring (bicyclic) bond motifs is 2. The number of nitrogen functional groups attached to an aromatic ring is 1. The Morgan fingerprint density at radius 2 is 2.06 bits per heavy atom. The summed E-state index contributed by atoms with van der Waals surface area (Å²) in [7, 11) is -4.44. The van der Waals surface area contributed by atoms with Gasteiger partial charge in [-0.15, -0.1) is 0 Å². The average Bonchev–Trinajstić information content (AvgIpc) is 3.44. The molecule has 0 saturated carbocycles. The Balaban J connectivity index is 1.48. The van der Waals surface area contributed by atoms with E-state index in [2.05, 4.69) is 15.1 Å². The average molecular weight is 497 g/mol. The molecule has 5 rings (SSSR count). The number of aliphatic hydroxyl groups excluding tert-OH is 1. The Labute approximate surface area is 192 Å². The first-order valence-corrected chi connectivity index (χ1v) is 12.5. The van der Waals surface area contributed by atoms with Gasteiger partial charge in [0.2, 0.25) is 0 Å². The van der Waals surface area contributed by atoms with Gasteiger partial charge in [0.1, 0.15) is 23.0 Å². The lowest BCUT2D eigenvalue weighted by Crippen LogP contribution is -2.36. The minimum Gasteiger partial charge on any atom is -0.390 e. The highest BCUT2D eigenvalue weighted by atomic mass is 32.2. The number of halogens is 1. The smallest absolute Gasteiger partial charge is 0.333 e. The van der Waals surface area contributed by atoms with Crippen LogP contribution in [0.4, 0.5) is 10.2 Å². The van der Waals surface area contributed by atoms with Crippen LogP contribution in [0.25, 0.3) is 11.0 Å². The maximum absolute atomic E-state index is 14.8. The van der Waals surface area contributed by atoms with Crippen LogP contribution in [0.1, 0.15) is 30.2 Å². The molecule has 1 aliphatic carbocycles. The van der Waals surface area contributed by atoms with Crippen molar-refractivity contribution in [1.29, 1.82) is 0 Å². The lowest BCUT2D eigenvalue weighted by atomic mass is 10.1. The summed E-state index contributed by atoms with van der Waals surface area (Å²) in [5.41, 5.74) is 8.57. The summed E-state index contributed by atoms with van der Waals surface area (Å²) in [4.78, 5) is 8.69. The van der Waals surface area contributed by atoms with Crippen molar-refractivity contribution in [2.45, 2.75) is 54.0 Å². The quantitative estimate of drug-likeness (QED) is 0.365. The Morgan fingerprint density at radius 3 is 2.82 bits per heavy atom. The molecular weight excluding hydrogens is 475 g/mol. The highest BCUT2D eigenvalue weighted by molar-refractivity contribution is 7.99. The van der Waals surface area contributed by atoms with Crippen LogP contribution in [0, 0.1) is 5.82 Å². The van der Waals surface area contributed by atoms with E-state index in [1.807, 2.05) is 10.8 Å². The summed E-state index contributed by atoms with van der Waals surface area (Å²) in [6, 6.07) is 3.40. The molecule has 11 nitrogen and oxygen atoms in total. The molecule has 1 aliphatic heterocycles. The molecule has 33 heavy (non-hydrogen) atoms. The molecule has 3 aromatic rings. The van der Waals surface area contributed by atoms with Crippen LogP contribution in [0.15, 0.2) is 28.4 Å². The van der Waals surface area contributed by atoms with Crippen LogP contribution in [0.3, 0.4) is 0 Å². The van der Waals surface area contributed by atoms with Gasteiger partial charge in [0.05, 0.1) is 17.6 Å². The molecular formula is C19H21FN6O5S2. The van der Waals surface area contributed by atoms with E-state index < -0.39 is 28.7 Å². The first-order chi connectivity index (χ1) is 15.7. The number of hydrogen-bond acceptors (Lipinski definition) is 9. The SMILES string of the molecule is Nc1ncnc2c1c(Sc1cc3c(cc1F)CCC3)nn2[C@H]1C[C@H](O)[C@@H](CNS(=O)(=O)O)O1. The van der Waals surface area contributed by atoms with E-state index in [9.17, 15) is 17.9 Å². The first-order valence-electron chi connectivity index (χ1n) is 10.2. The third-order valence-electron chi connectivity index (χ3n) is 5.78. The van der Waals surface area contributed by atoms with E-state index in [0.717, 1.165) is 42.2 Å². The van der Waals surface area contributed by atoms with E-state index in [0.29, 0.717) is 21.0 Å². The van der Waals surface area contributed by atoms with E-state index in [1.165, 1.54) is 11.0 Å². The molecule has 176 valence electrons. The Kier molecular flexibility index (Phi) is 5.74. The highest BCUT2D eigenvalue weighted by Crippen LogP contribution is 2.40. The van der Waals surface area contributed by atoms with Gasteiger partial charge >= 0.3 is 10.3 Å². The zero-order valence-electron chi connectivity index (χ0n) is 17.2. The Hall–Kier alpha value is -2.36. The molecule has 5 N–H and O–H groups in total. The third kappa shape index (κ3) is 4.41. The fourth-order valence-corrected chi connectivity index (χ4v) is 5.59.